The Morgan fingerprint density at radius 2 is 1.80 bits per heavy atom. The Hall–Kier alpha value is -1.69. The Morgan fingerprint density at radius 1 is 1.20 bits per heavy atom. The highest BCUT2D eigenvalue weighted by Gasteiger charge is 2.12. The number of carbonyl (C=O) groups is 1. The Bertz CT molecular complexity index is 430. The van der Waals surface area contributed by atoms with E-state index in [1.807, 2.05) is 0 Å². The molecule has 0 aromatic heterocycles. The normalized spacial score (nSPS) is 10.4. The molecule has 1 aromatic rings. The van der Waals surface area contributed by atoms with Crippen LogP contribution in [0.25, 0.3) is 0 Å². The smallest absolute Gasteiger partial charge is 0.224 e. The molecule has 20 heavy (non-hydrogen) atoms. The van der Waals surface area contributed by atoms with Crippen LogP contribution in [0.1, 0.15) is 32.1 Å². The fourth-order valence-electron chi connectivity index (χ4n) is 1.83. The molecule has 0 radical (unpaired) electrons. The van der Waals surface area contributed by atoms with Crippen molar-refractivity contribution < 1.29 is 18.3 Å². The van der Waals surface area contributed by atoms with Crippen molar-refractivity contribution in [3.05, 3.63) is 23.8 Å². The fourth-order valence-corrected chi connectivity index (χ4v) is 1.83. The Labute approximate surface area is 117 Å². The standard InChI is InChI=1S/C14H20F2N2O2/c1-20-14-11(15)8-10(9-12(14)16)18-13(19)6-4-2-3-5-7-17/h8-9H,2-7,17H2,1H3,(H,18,19). The molecular formula is C14H20F2N2O2. The molecule has 0 aliphatic heterocycles. The summed E-state index contributed by atoms with van der Waals surface area (Å²) in [5.41, 5.74) is 5.45. The molecule has 0 fully saturated rings. The Balaban J connectivity index is 2.46. The van der Waals surface area contributed by atoms with E-state index in [2.05, 4.69) is 10.1 Å². The summed E-state index contributed by atoms with van der Waals surface area (Å²) in [7, 11) is 1.18. The number of benzene rings is 1. The molecule has 3 N–H and O–H groups in total. The number of carbonyl (C=O) groups excluding carboxylic acids is 1. The summed E-state index contributed by atoms with van der Waals surface area (Å²) < 4.78 is 31.4. The fraction of sp³-hybridized carbons (Fsp3) is 0.500. The molecule has 0 atom stereocenters. The van der Waals surface area contributed by atoms with E-state index in [4.69, 9.17) is 5.73 Å². The molecule has 0 unspecified atom stereocenters. The molecule has 112 valence electrons. The van der Waals surface area contributed by atoms with Crippen molar-refractivity contribution in [3.63, 3.8) is 0 Å². The minimum absolute atomic E-state index is 0.0905. The summed E-state index contributed by atoms with van der Waals surface area (Å²) >= 11 is 0. The summed E-state index contributed by atoms with van der Waals surface area (Å²) in [6.07, 6.45) is 3.88. The van der Waals surface area contributed by atoms with Gasteiger partial charge in [0.15, 0.2) is 17.4 Å². The van der Waals surface area contributed by atoms with E-state index in [9.17, 15) is 13.6 Å². The number of rotatable bonds is 8. The maximum atomic E-state index is 13.4. The van der Waals surface area contributed by atoms with Crippen LogP contribution in [-0.4, -0.2) is 19.6 Å². The zero-order valence-electron chi connectivity index (χ0n) is 11.5. The van der Waals surface area contributed by atoms with Gasteiger partial charge in [-0.3, -0.25) is 4.79 Å². The minimum Gasteiger partial charge on any atom is -0.491 e. The lowest BCUT2D eigenvalue weighted by Gasteiger charge is -2.08. The number of unbranched alkanes of at least 4 members (excludes halogenated alkanes) is 3. The third-order valence-electron chi connectivity index (χ3n) is 2.84. The van der Waals surface area contributed by atoms with Crippen molar-refractivity contribution in [1.82, 2.24) is 0 Å². The highest BCUT2D eigenvalue weighted by Crippen LogP contribution is 2.25. The molecule has 1 aromatic carbocycles. The summed E-state index contributed by atoms with van der Waals surface area (Å²) in [5.74, 6) is -2.40. The third kappa shape index (κ3) is 5.13. The van der Waals surface area contributed by atoms with Gasteiger partial charge in [0.1, 0.15) is 0 Å². The van der Waals surface area contributed by atoms with Gasteiger partial charge in [0.2, 0.25) is 5.91 Å². The van der Waals surface area contributed by atoms with Crippen molar-refractivity contribution in [1.29, 1.82) is 0 Å². The second kappa shape index (κ2) is 8.47. The molecule has 0 bridgehead atoms. The van der Waals surface area contributed by atoms with Crippen LogP contribution >= 0.6 is 0 Å². The first-order valence-electron chi connectivity index (χ1n) is 6.61. The molecule has 1 rings (SSSR count). The first kappa shape index (κ1) is 16.4. The lowest BCUT2D eigenvalue weighted by atomic mass is 10.1. The van der Waals surface area contributed by atoms with Crippen molar-refractivity contribution >= 4 is 11.6 Å². The van der Waals surface area contributed by atoms with E-state index in [1.165, 1.54) is 7.11 Å². The monoisotopic (exact) mass is 286 g/mol. The number of halogens is 2. The van der Waals surface area contributed by atoms with E-state index < -0.39 is 17.4 Å². The van der Waals surface area contributed by atoms with E-state index in [1.54, 1.807) is 0 Å². The van der Waals surface area contributed by atoms with Crippen LogP contribution in [0.3, 0.4) is 0 Å². The molecule has 1 amide bonds. The van der Waals surface area contributed by atoms with E-state index in [0.717, 1.165) is 37.8 Å². The lowest BCUT2D eigenvalue weighted by Crippen LogP contribution is -2.12. The van der Waals surface area contributed by atoms with Crippen LogP contribution in [0.15, 0.2) is 12.1 Å². The summed E-state index contributed by atoms with van der Waals surface area (Å²) in [5, 5.41) is 2.47. The summed E-state index contributed by atoms with van der Waals surface area (Å²) in [6.45, 7) is 0.649. The van der Waals surface area contributed by atoms with E-state index >= 15 is 0 Å². The number of methoxy groups -OCH3 is 1. The molecule has 0 saturated heterocycles. The highest BCUT2D eigenvalue weighted by atomic mass is 19.1. The predicted octanol–water partition coefficient (Wildman–Crippen LogP) is 2.82. The van der Waals surface area contributed by atoms with Gasteiger partial charge >= 0.3 is 0 Å². The van der Waals surface area contributed by atoms with Crippen LogP contribution in [0.2, 0.25) is 0 Å². The number of ether oxygens (including phenoxy) is 1. The maximum absolute atomic E-state index is 13.4. The maximum Gasteiger partial charge on any atom is 0.224 e. The van der Waals surface area contributed by atoms with Crippen LogP contribution < -0.4 is 15.8 Å². The largest absolute Gasteiger partial charge is 0.491 e. The van der Waals surface area contributed by atoms with Gasteiger partial charge in [0.05, 0.1) is 7.11 Å². The van der Waals surface area contributed by atoms with Crippen molar-refractivity contribution in [2.75, 3.05) is 19.0 Å². The average molecular weight is 286 g/mol. The van der Waals surface area contributed by atoms with Gasteiger partial charge < -0.3 is 15.8 Å². The molecule has 0 aliphatic rings. The van der Waals surface area contributed by atoms with Gasteiger partial charge in [-0.2, -0.15) is 0 Å². The molecule has 0 heterocycles. The van der Waals surface area contributed by atoms with Gasteiger partial charge in [-0.1, -0.05) is 12.8 Å². The van der Waals surface area contributed by atoms with Crippen molar-refractivity contribution in [2.45, 2.75) is 32.1 Å². The van der Waals surface area contributed by atoms with Gasteiger partial charge in [-0.15, -0.1) is 0 Å². The zero-order chi connectivity index (χ0) is 15.0. The molecule has 6 heteroatoms. The molecular weight excluding hydrogens is 266 g/mol. The first-order chi connectivity index (χ1) is 9.58. The topological polar surface area (TPSA) is 64.3 Å². The lowest BCUT2D eigenvalue weighted by molar-refractivity contribution is -0.116. The van der Waals surface area contributed by atoms with Crippen LogP contribution in [-0.2, 0) is 4.79 Å². The second-order valence-electron chi connectivity index (χ2n) is 4.47. The number of anilines is 1. The SMILES string of the molecule is COc1c(F)cc(NC(=O)CCCCCCN)cc1F. The minimum atomic E-state index is -0.842. The van der Waals surface area contributed by atoms with Gasteiger partial charge in [0, 0.05) is 24.2 Å². The van der Waals surface area contributed by atoms with Gasteiger partial charge in [-0.05, 0) is 19.4 Å². The highest BCUT2D eigenvalue weighted by molar-refractivity contribution is 5.90. The van der Waals surface area contributed by atoms with Crippen LogP contribution in [0.4, 0.5) is 14.5 Å². The number of amides is 1. The summed E-state index contributed by atoms with van der Waals surface area (Å²) in [4.78, 5) is 11.6. The third-order valence-corrected chi connectivity index (χ3v) is 2.84. The van der Waals surface area contributed by atoms with Gasteiger partial charge in [0.25, 0.3) is 0 Å². The molecule has 0 spiro atoms. The van der Waals surface area contributed by atoms with Crippen LogP contribution in [0.5, 0.6) is 5.75 Å². The predicted molar refractivity (Wildman–Crippen MR) is 73.7 cm³/mol. The van der Waals surface area contributed by atoms with E-state index in [-0.39, 0.29) is 11.6 Å². The number of hydrogen-bond acceptors (Lipinski definition) is 3. The molecule has 0 aliphatic carbocycles. The average Bonchev–Trinajstić information content (AvgIpc) is 2.38. The van der Waals surface area contributed by atoms with Crippen molar-refractivity contribution in [2.24, 2.45) is 5.73 Å². The second-order valence-corrected chi connectivity index (χ2v) is 4.47. The first-order valence-corrected chi connectivity index (χ1v) is 6.61. The van der Waals surface area contributed by atoms with Crippen LogP contribution in [0, 0.1) is 11.6 Å². The Morgan fingerprint density at radius 3 is 2.35 bits per heavy atom. The number of nitrogens with two attached hydrogens (primary N) is 1. The molecule has 0 saturated carbocycles. The number of hydrogen-bond donors (Lipinski definition) is 2. The number of nitrogens with one attached hydrogen (secondary N) is 1. The van der Waals surface area contributed by atoms with Gasteiger partial charge in [-0.25, -0.2) is 8.78 Å². The molecule has 4 nitrogen and oxygen atoms in total. The summed E-state index contributed by atoms with van der Waals surface area (Å²) in [6, 6.07) is 2.07. The Kier molecular flexibility index (Phi) is 6.93. The van der Waals surface area contributed by atoms with E-state index in [0.29, 0.717) is 13.0 Å². The zero-order valence-corrected chi connectivity index (χ0v) is 11.5. The van der Waals surface area contributed by atoms with Crippen molar-refractivity contribution in [3.8, 4) is 5.75 Å². The quantitative estimate of drug-likeness (QED) is 0.722.